The van der Waals surface area contributed by atoms with Crippen molar-refractivity contribution in [1.82, 2.24) is 10.4 Å². The van der Waals surface area contributed by atoms with E-state index in [4.69, 9.17) is 21.1 Å². The van der Waals surface area contributed by atoms with E-state index in [0.717, 1.165) is 29.3 Å². The van der Waals surface area contributed by atoms with E-state index in [-0.39, 0.29) is 11.7 Å². The van der Waals surface area contributed by atoms with Crippen LogP contribution < -0.4 is 14.9 Å². The predicted octanol–water partition coefficient (Wildman–Crippen LogP) is 6.38. The molecular weight excluding hydrogens is 605 g/mol. The van der Waals surface area contributed by atoms with E-state index in [1.165, 1.54) is 11.8 Å². The van der Waals surface area contributed by atoms with Crippen molar-refractivity contribution in [2.75, 3.05) is 12.9 Å². The largest absolute Gasteiger partial charge is 0.493 e. The molecule has 0 radical (unpaired) electrons. The summed E-state index contributed by atoms with van der Waals surface area (Å²) in [5.41, 5.74) is 5.28. The van der Waals surface area contributed by atoms with Crippen molar-refractivity contribution in [3.8, 4) is 11.5 Å². The van der Waals surface area contributed by atoms with Crippen LogP contribution in [0.2, 0.25) is 5.02 Å². The Morgan fingerprint density at radius 1 is 1.24 bits per heavy atom. The molecule has 6 nitrogen and oxygen atoms in total. The second kappa shape index (κ2) is 11.9. The molecule has 0 spiro atoms. The number of carbonyl (C=O) groups is 1. The van der Waals surface area contributed by atoms with Gasteiger partial charge in [-0.05, 0) is 70.1 Å². The summed E-state index contributed by atoms with van der Waals surface area (Å²) in [6.07, 6.45) is 1.58. The number of hydrogen-bond donors (Lipinski definition) is 1. The number of halogens is 2. The monoisotopic (exact) mass is 623 g/mol. The Morgan fingerprint density at radius 3 is 2.79 bits per heavy atom. The lowest BCUT2D eigenvalue weighted by molar-refractivity contribution is -0.118. The molecule has 0 fully saturated rings. The van der Waals surface area contributed by atoms with Crippen LogP contribution in [0.3, 0.4) is 0 Å². The fourth-order valence-electron chi connectivity index (χ4n) is 2.94. The van der Waals surface area contributed by atoms with Gasteiger partial charge in [0, 0.05) is 5.02 Å². The molecule has 34 heavy (non-hydrogen) atoms. The number of hydrogen-bond acceptors (Lipinski definition) is 7. The zero-order chi connectivity index (χ0) is 23.9. The number of fused-ring (bicyclic) bond motifs is 1. The molecule has 0 unspecified atom stereocenters. The summed E-state index contributed by atoms with van der Waals surface area (Å²) in [4.78, 5) is 16.7. The normalized spacial score (nSPS) is 11.1. The molecule has 0 aliphatic carbocycles. The average molecular weight is 624 g/mol. The third-order valence-corrected chi connectivity index (χ3v) is 7.78. The van der Waals surface area contributed by atoms with Crippen molar-refractivity contribution >= 4 is 79.6 Å². The van der Waals surface area contributed by atoms with E-state index in [0.29, 0.717) is 23.1 Å². The van der Waals surface area contributed by atoms with E-state index in [9.17, 15) is 4.79 Å². The van der Waals surface area contributed by atoms with Crippen LogP contribution in [0.1, 0.15) is 11.1 Å². The molecule has 4 rings (SSSR count). The van der Waals surface area contributed by atoms with E-state index in [1.807, 2.05) is 60.7 Å². The van der Waals surface area contributed by atoms with Gasteiger partial charge in [0.15, 0.2) is 15.8 Å². The SMILES string of the molecule is COc1cc(/C=N\NC(=O)CSc2nc3ccccc3s2)cc(I)c1OCc1ccc(Cl)cc1. The molecule has 1 amide bonds. The smallest absolute Gasteiger partial charge is 0.250 e. The Balaban J connectivity index is 1.33. The van der Waals surface area contributed by atoms with Crippen LogP contribution >= 0.6 is 57.3 Å². The van der Waals surface area contributed by atoms with Crippen LogP contribution in [0, 0.1) is 3.57 Å². The minimum absolute atomic E-state index is 0.204. The molecule has 4 aromatic rings. The van der Waals surface area contributed by atoms with Gasteiger partial charge in [0.2, 0.25) is 0 Å². The van der Waals surface area contributed by atoms with Gasteiger partial charge in [-0.1, -0.05) is 47.6 Å². The number of benzene rings is 3. The number of hydrazone groups is 1. The lowest BCUT2D eigenvalue weighted by Gasteiger charge is -2.13. The molecule has 3 aromatic carbocycles. The molecule has 0 saturated carbocycles. The van der Waals surface area contributed by atoms with Crippen LogP contribution in [0.15, 0.2) is 70.1 Å². The van der Waals surface area contributed by atoms with Crippen molar-refractivity contribution in [3.63, 3.8) is 0 Å². The molecule has 0 saturated heterocycles. The first-order valence-electron chi connectivity index (χ1n) is 10.1. The summed E-state index contributed by atoms with van der Waals surface area (Å²) in [6, 6.07) is 19.1. The highest BCUT2D eigenvalue weighted by Crippen LogP contribution is 2.34. The first kappa shape index (κ1) is 24.8. The van der Waals surface area contributed by atoms with E-state index < -0.39 is 0 Å². The van der Waals surface area contributed by atoms with Crippen molar-refractivity contribution in [2.45, 2.75) is 10.9 Å². The lowest BCUT2D eigenvalue weighted by Crippen LogP contribution is -2.19. The zero-order valence-corrected chi connectivity index (χ0v) is 22.5. The van der Waals surface area contributed by atoms with Gasteiger partial charge in [0.05, 0.1) is 32.9 Å². The highest BCUT2D eigenvalue weighted by molar-refractivity contribution is 14.1. The number of thioether (sulfide) groups is 1. The van der Waals surface area contributed by atoms with Gasteiger partial charge in [-0.15, -0.1) is 11.3 Å². The Labute approximate surface area is 223 Å². The van der Waals surface area contributed by atoms with Crippen LogP contribution in [0.4, 0.5) is 0 Å². The third-order valence-electron chi connectivity index (χ3n) is 4.55. The number of carbonyl (C=O) groups excluding carboxylic acids is 1. The fraction of sp³-hybridized carbons (Fsp3) is 0.125. The van der Waals surface area contributed by atoms with E-state index >= 15 is 0 Å². The minimum atomic E-state index is -0.204. The minimum Gasteiger partial charge on any atom is -0.493 e. The molecule has 0 bridgehead atoms. The highest BCUT2D eigenvalue weighted by Gasteiger charge is 2.12. The molecule has 0 aliphatic heterocycles. The summed E-state index contributed by atoms with van der Waals surface area (Å²) in [6.45, 7) is 0.388. The van der Waals surface area contributed by atoms with Crippen LogP contribution in [-0.2, 0) is 11.4 Å². The number of aromatic nitrogens is 1. The van der Waals surface area contributed by atoms with Gasteiger partial charge >= 0.3 is 0 Å². The number of thiazole rings is 1. The number of nitrogens with zero attached hydrogens (tertiary/aromatic N) is 2. The fourth-order valence-corrected chi connectivity index (χ4v) is 5.71. The van der Waals surface area contributed by atoms with Crippen molar-refractivity contribution < 1.29 is 14.3 Å². The molecule has 1 aromatic heterocycles. The maximum atomic E-state index is 12.2. The quantitative estimate of drug-likeness (QED) is 0.101. The summed E-state index contributed by atoms with van der Waals surface area (Å²) < 4.78 is 14.3. The van der Waals surface area contributed by atoms with Crippen LogP contribution in [-0.4, -0.2) is 30.0 Å². The van der Waals surface area contributed by atoms with Gasteiger partial charge in [-0.25, -0.2) is 10.4 Å². The number of para-hydroxylation sites is 1. The maximum absolute atomic E-state index is 12.2. The summed E-state index contributed by atoms with van der Waals surface area (Å²) in [7, 11) is 1.59. The maximum Gasteiger partial charge on any atom is 0.250 e. The Bertz CT molecular complexity index is 1300. The number of nitrogens with one attached hydrogen (secondary N) is 1. The summed E-state index contributed by atoms with van der Waals surface area (Å²) in [5.74, 6) is 1.26. The van der Waals surface area contributed by atoms with Crippen molar-refractivity contribution in [2.24, 2.45) is 5.10 Å². The van der Waals surface area contributed by atoms with Gasteiger partial charge < -0.3 is 9.47 Å². The topological polar surface area (TPSA) is 72.8 Å². The molecule has 0 aliphatic rings. The Kier molecular flexibility index (Phi) is 8.65. The van der Waals surface area contributed by atoms with Crippen LogP contribution in [0.5, 0.6) is 11.5 Å². The Hall–Kier alpha value is -2.34. The summed E-state index contributed by atoms with van der Waals surface area (Å²) >= 11 is 11.1. The highest BCUT2D eigenvalue weighted by atomic mass is 127. The van der Waals surface area contributed by atoms with Gasteiger partial charge in [0.1, 0.15) is 6.61 Å². The van der Waals surface area contributed by atoms with Crippen molar-refractivity contribution in [3.05, 3.63) is 80.4 Å². The number of methoxy groups -OCH3 is 1. The first-order chi connectivity index (χ1) is 16.5. The lowest BCUT2D eigenvalue weighted by atomic mass is 10.2. The number of ether oxygens (including phenoxy) is 2. The van der Waals surface area contributed by atoms with E-state index in [1.54, 1.807) is 24.7 Å². The zero-order valence-electron chi connectivity index (χ0n) is 18.0. The van der Waals surface area contributed by atoms with Gasteiger partial charge in [-0.3, -0.25) is 4.79 Å². The Morgan fingerprint density at radius 2 is 2.03 bits per heavy atom. The third kappa shape index (κ3) is 6.62. The van der Waals surface area contributed by atoms with E-state index in [2.05, 4.69) is 38.1 Å². The number of rotatable bonds is 9. The molecule has 0 atom stereocenters. The second-order valence-electron chi connectivity index (χ2n) is 6.98. The molecule has 1 N–H and O–H groups in total. The average Bonchev–Trinajstić information content (AvgIpc) is 3.26. The van der Waals surface area contributed by atoms with Gasteiger partial charge in [0.25, 0.3) is 5.91 Å². The number of amides is 1. The second-order valence-corrected chi connectivity index (χ2v) is 10.8. The molecule has 174 valence electrons. The first-order valence-corrected chi connectivity index (χ1v) is 13.3. The van der Waals surface area contributed by atoms with Crippen molar-refractivity contribution in [1.29, 1.82) is 0 Å². The van der Waals surface area contributed by atoms with Gasteiger partial charge in [-0.2, -0.15) is 5.10 Å². The molecular formula is C24H19ClIN3O3S2. The standard InChI is InChI=1S/C24H19ClIN3O3S2/c1-31-20-11-16(10-18(26)23(20)32-13-15-6-8-17(25)9-7-15)12-27-29-22(30)14-33-24-28-19-4-2-3-5-21(19)34-24/h2-12H,13-14H2,1H3,(H,29,30)/b27-12-. The summed E-state index contributed by atoms with van der Waals surface area (Å²) in [5, 5.41) is 4.76. The predicted molar refractivity (Wildman–Crippen MR) is 148 cm³/mol. The van der Waals surface area contributed by atoms with Crippen LogP contribution in [0.25, 0.3) is 10.2 Å². The molecule has 10 heteroatoms. The molecule has 1 heterocycles.